The molecule has 2 aromatic rings. The lowest BCUT2D eigenvalue weighted by Gasteiger charge is -2.13. The van der Waals surface area contributed by atoms with Gasteiger partial charge in [0.15, 0.2) is 9.84 Å². The monoisotopic (exact) mass is 527 g/mol. The summed E-state index contributed by atoms with van der Waals surface area (Å²) in [4.78, 5) is 3.90. The molecule has 2 aromatic carbocycles. The summed E-state index contributed by atoms with van der Waals surface area (Å²) in [6.07, 6.45) is 0.461. The average molecular weight is 528 g/mol. The van der Waals surface area contributed by atoms with Crippen LogP contribution in [0.1, 0.15) is 12.0 Å². The van der Waals surface area contributed by atoms with E-state index in [1.807, 2.05) is 0 Å². The first kappa shape index (κ1) is 27.6. The van der Waals surface area contributed by atoms with Gasteiger partial charge in [-0.2, -0.15) is 8.42 Å². The summed E-state index contributed by atoms with van der Waals surface area (Å²) in [5.41, 5.74) is 10.9. The summed E-state index contributed by atoms with van der Waals surface area (Å²) in [5, 5.41) is 2.61. The van der Waals surface area contributed by atoms with E-state index in [0.29, 0.717) is 17.7 Å². The molecule has 0 aromatic heterocycles. The Morgan fingerprint density at radius 2 is 1.62 bits per heavy atom. The van der Waals surface area contributed by atoms with Gasteiger partial charge in [0.25, 0.3) is 0 Å². The van der Waals surface area contributed by atoms with Gasteiger partial charge in [0.2, 0.25) is 5.96 Å². The lowest BCUT2D eigenvalue weighted by molar-refractivity contribution is 0.127. The van der Waals surface area contributed by atoms with Crippen LogP contribution in [0.25, 0.3) is 0 Å². The zero-order chi connectivity index (χ0) is 23.1. The van der Waals surface area contributed by atoms with Gasteiger partial charge >= 0.3 is 10.1 Å². The van der Waals surface area contributed by atoms with E-state index in [2.05, 4.69) is 5.16 Å². The van der Waals surface area contributed by atoms with E-state index in [1.165, 1.54) is 24.3 Å². The minimum Gasteiger partial charge on any atom is -0.493 e. The number of sulfone groups is 1. The minimum absolute atomic E-state index is 0. The van der Waals surface area contributed by atoms with E-state index in [4.69, 9.17) is 36.8 Å². The van der Waals surface area contributed by atoms with Crippen LogP contribution in [-0.2, 0) is 24.8 Å². The van der Waals surface area contributed by atoms with Gasteiger partial charge in [-0.15, -0.1) is 24.0 Å². The fraction of sp³-hybridized carbons (Fsp3) is 0.278. The van der Waals surface area contributed by atoms with E-state index in [0.717, 1.165) is 12.1 Å². The first-order valence-electron chi connectivity index (χ1n) is 8.83. The number of hydrogen-bond acceptors (Lipinski definition) is 8. The Kier molecular flexibility index (Phi) is 10.4. The fourth-order valence-electron chi connectivity index (χ4n) is 2.42. The fourth-order valence-corrected chi connectivity index (χ4v) is 5.24. The van der Waals surface area contributed by atoms with Gasteiger partial charge in [-0.3, -0.25) is 0 Å². The van der Waals surface area contributed by atoms with Gasteiger partial charge < -0.3 is 25.2 Å². The van der Waals surface area contributed by atoms with E-state index in [9.17, 15) is 16.8 Å². The average Bonchev–Trinajstić information content (AvgIpc) is 2.69. The van der Waals surface area contributed by atoms with Gasteiger partial charge in [0.05, 0.1) is 11.5 Å². The lowest BCUT2D eigenvalue weighted by atomic mass is 10.2. The maximum Gasteiger partial charge on any atom is 0.340 e. The molecule has 0 atom stereocenters. The van der Waals surface area contributed by atoms with Crippen LogP contribution in [0.5, 0.6) is 11.5 Å². The van der Waals surface area contributed by atoms with Crippen molar-refractivity contribution in [3.8, 4) is 11.5 Å². The Bertz CT molecular complexity index is 1150. The van der Waals surface area contributed by atoms with Crippen molar-refractivity contribution in [1.29, 1.82) is 0 Å². The number of halogens is 2. The highest BCUT2D eigenvalue weighted by molar-refractivity contribution is 7.94. The lowest BCUT2D eigenvalue weighted by Crippen LogP contribution is -2.23. The molecule has 2 rings (SSSR count). The van der Waals surface area contributed by atoms with Crippen molar-refractivity contribution in [3.05, 3.63) is 48.0 Å². The topological polar surface area (TPSA) is 160 Å². The maximum absolute atomic E-state index is 12.8. The van der Waals surface area contributed by atoms with Gasteiger partial charge in [0, 0.05) is 12.5 Å². The van der Waals surface area contributed by atoms with Crippen LogP contribution in [0.3, 0.4) is 0 Å². The first-order chi connectivity index (χ1) is 14.5. The van der Waals surface area contributed by atoms with Crippen molar-refractivity contribution in [1.82, 2.24) is 0 Å². The number of alkyl halides is 1. The van der Waals surface area contributed by atoms with Crippen molar-refractivity contribution < 1.29 is 30.6 Å². The molecule has 4 N–H and O–H groups in total. The predicted molar refractivity (Wildman–Crippen MR) is 122 cm³/mol. The molecule has 0 aliphatic carbocycles. The number of nitrogens with zero attached hydrogens (tertiary/aromatic N) is 1. The molecule has 14 heteroatoms. The molecular formula is C18H23Cl2N3O7S2. The number of ether oxygens (including phenoxy) is 1. The summed E-state index contributed by atoms with van der Waals surface area (Å²) < 4.78 is 60.6. The molecule has 0 fully saturated rings. The molecule has 0 bridgehead atoms. The van der Waals surface area contributed by atoms with Crippen molar-refractivity contribution in [2.45, 2.75) is 23.1 Å². The smallest absolute Gasteiger partial charge is 0.340 e. The Morgan fingerprint density at radius 3 is 2.25 bits per heavy atom. The number of hydrogen-bond donors (Lipinski definition) is 2. The molecule has 0 saturated carbocycles. The summed E-state index contributed by atoms with van der Waals surface area (Å²) in [6, 6.07) is 9.61. The van der Waals surface area contributed by atoms with E-state index < -0.39 is 35.0 Å². The Labute approximate surface area is 197 Å². The third-order valence-electron chi connectivity index (χ3n) is 3.65. The van der Waals surface area contributed by atoms with Crippen LogP contribution in [0.15, 0.2) is 57.4 Å². The highest BCUT2D eigenvalue weighted by Gasteiger charge is 2.27. The SMILES string of the molecule is Cc1cc(OCCCON=C(N)N)cc(OS(=O)(=O)c2ccccc2S(=O)(=O)CCl)c1.Cl. The van der Waals surface area contributed by atoms with Crippen molar-refractivity contribution in [2.75, 3.05) is 18.4 Å². The van der Waals surface area contributed by atoms with Crippen molar-refractivity contribution in [2.24, 2.45) is 16.6 Å². The van der Waals surface area contributed by atoms with Gasteiger partial charge in [0.1, 0.15) is 28.2 Å². The summed E-state index contributed by atoms with van der Waals surface area (Å²) in [6.45, 7) is 2.18. The molecule has 178 valence electrons. The van der Waals surface area contributed by atoms with Gasteiger partial charge in [-0.1, -0.05) is 12.1 Å². The second-order valence-corrected chi connectivity index (χ2v) is 10.3. The van der Waals surface area contributed by atoms with E-state index in [1.54, 1.807) is 13.0 Å². The van der Waals surface area contributed by atoms with E-state index >= 15 is 0 Å². The predicted octanol–water partition coefficient (Wildman–Crippen LogP) is 2.13. The largest absolute Gasteiger partial charge is 0.493 e. The molecule has 0 saturated heterocycles. The summed E-state index contributed by atoms with van der Waals surface area (Å²) >= 11 is 5.48. The third-order valence-corrected chi connectivity index (χ3v) is 7.26. The summed E-state index contributed by atoms with van der Waals surface area (Å²) in [5.74, 6) is 0.126. The molecule has 32 heavy (non-hydrogen) atoms. The highest BCUT2D eigenvalue weighted by Crippen LogP contribution is 2.29. The van der Waals surface area contributed by atoms with Crippen molar-refractivity contribution in [3.63, 3.8) is 0 Å². The quantitative estimate of drug-likeness (QED) is 0.111. The Morgan fingerprint density at radius 1 is 1.00 bits per heavy atom. The number of benzene rings is 2. The van der Waals surface area contributed by atoms with Crippen LogP contribution >= 0.6 is 24.0 Å². The van der Waals surface area contributed by atoms with Crippen molar-refractivity contribution >= 4 is 49.9 Å². The maximum atomic E-state index is 12.8. The number of nitrogens with two attached hydrogens (primary N) is 2. The number of aryl methyl sites for hydroxylation is 1. The van der Waals surface area contributed by atoms with Gasteiger partial charge in [-0.25, -0.2) is 8.42 Å². The Hall–Kier alpha value is -2.41. The molecule has 0 spiro atoms. The molecule has 0 aliphatic rings. The molecule has 0 amide bonds. The zero-order valence-corrected chi connectivity index (χ0v) is 20.1. The molecule has 0 radical (unpaired) electrons. The van der Waals surface area contributed by atoms with Gasteiger partial charge in [-0.05, 0) is 41.9 Å². The van der Waals surface area contributed by atoms with Crippen LogP contribution in [0.4, 0.5) is 0 Å². The molecule has 0 unspecified atom stereocenters. The van der Waals surface area contributed by atoms with Crippen LogP contribution in [-0.4, -0.2) is 41.2 Å². The normalized spacial score (nSPS) is 11.2. The number of oxime groups is 1. The molecule has 10 nitrogen and oxygen atoms in total. The number of rotatable bonds is 11. The van der Waals surface area contributed by atoms with E-state index in [-0.39, 0.29) is 37.3 Å². The van der Waals surface area contributed by atoms with Crippen LogP contribution in [0.2, 0.25) is 0 Å². The molecule has 0 aliphatic heterocycles. The standard InChI is InChI=1S/C18H22ClN3O7S2.ClH/c1-13-9-14(27-7-4-8-28-22-18(20)21)11-15(10-13)29-31(25,26)17-6-3-2-5-16(17)30(23,24)12-19;/h2-3,5-6,9-11H,4,7-8,12H2,1H3,(H4,20,21,22);1H. The molecular weight excluding hydrogens is 505 g/mol. The van der Waals surface area contributed by atoms with Crippen LogP contribution in [0, 0.1) is 6.92 Å². The van der Waals surface area contributed by atoms with Crippen LogP contribution < -0.4 is 20.4 Å². The second kappa shape index (κ2) is 12.0. The number of guanidine groups is 1. The second-order valence-electron chi connectivity index (χ2n) is 6.24. The molecule has 0 heterocycles. The Balaban J connectivity index is 0.00000512. The summed E-state index contributed by atoms with van der Waals surface area (Å²) in [7, 11) is -8.46. The minimum atomic E-state index is -4.46. The third kappa shape index (κ3) is 7.93. The first-order valence-corrected chi connectivity index (χ1v) is 12.4. The zero-order valence-electron chi connectivity index (χ0n) is 16.9. The highest BCUT2D eigenvalue weighted by atomic mass is 35.5.